The van der Waals surface area contributed by atoms with Gasteiger partial charge in [0.1, 0.15) is 6.61 Å². The van der Waals surface area contributed by atoms with Crippen LogP contribution in [0.15, 0.2) is 48.5 Å². The van der Waals surface area contributed by atoms with E-state index in [1.807, 2.05) is 0 Å². The lowest BCUT2D eigenvalue weighted by Crippen LogP contribution is -2.68. The van der Waals surface area contributed by atoms with Crippen molar-refractivity contribution in [3.8, 4) is 0 Å². The van der Waals surface area contributed by atoms with Crippen LogP contribution in [0.4, 0.5) is 5.69 Å². The van der Waals surface area contributed by atoms with Gasteiger partial charge in [0.05, 0.1) is 11.3 Å². The fraction of sp³-hybridized carbons (Fsp3) is 0.286. The minimum absolute atomic E-state index is 0.0105. The predicted molar refractivity (Wildman–Crippen MR) is 104 cm³/mol. The molecule has 0 bridgehead atoms. The molecule has 2 aliphatic heterocycles. The molecule has 1 saturated heterocycles. The van der Waals surface area contributed by atoms with E-state index in [1.54, 1.807) is 55.5 Å². The number of ether oxygens (including phenoxy) is 1. The van der Waals surface area contributed by atoms with Crippen LogP contribution in [0.25, 0.3) is 0 Å². The molecule has 0 N–H and O–H groups in total. The zero-order valence-electron chi connectivity index (χ0n) is 15.4. The van der Waals surface area contributed by atoms with E-state index in [0.717, 1.165) is 5.56 Å². The predicted octanol–water partition coefficient (Wildman–Crippen LogP) is 3.38. The summed E-state index contributed by atoms with van der Waals surface area (Å²) in [7, 11) is 0. The number of nitrogens with zero attached hydrogens (tertiary/aromatic N) is 2. The second-order valence-electron chi connectivity index (χ2n) is 6.82. The van der Waals surface area contributed by atoms with Crippen LogP contribution in [-0.4, -0.2) is 34.9 Å². The highest BCUT2D eigenvalue weighted by Gasteiger charge is 2.61. The SMILES string of the molecule is CCN1C(=O)c2ccccc2N2C(=O)CC[C@]12C(=O)OCc1cccc(Cl)c1. The summed E-state index contributed by atoms with van der Waals surface area (Å²) in [5.74, 6) is -1.08. The van der Waals surface area contributed by atoms with Crippen LogP contribution >= 0.6 is 11.6 Å². The molecule has 0 aromatic heterocycles. The van der Waals surface area contributed by atoms with Crippen LogP contribution in [0.2, 0.25) is 5.02 Å². The van der Waals surface area contributed by atoms with E-state index in [1.165, 1.54) is 9.80 Å². The molecule has 0 radical (unpaired) electrons. The Hall–Kier alpha value is -2.86. The van der Waals surface area contributed by atoms with Gasteiger partial charge in [-0.3, -0.25) is 14.5 Å². The first kappa shape index (κ1) is 18.5. The Labute approximate surface area is 167 Å². The third kappa shape index (κ3) is 2.67. The van der Waals surface area contributed by atoms with Gasteiger partial charge in [0.25, 0.3) is 5.91 Å². The number of hydrogen-bond donors (Lipinski definition) is 0. The first-order valence-corrected chi connectivity index (χ1v) is 9.52. The van der Waals surface area contributed by atoms with Gasteiger partial charge in [-0.15, -0.1) is 0 Å². The van der Waals surface area contributed by atoms with E-state index < -0.39 is 11.6 Å². The Bertz CT molecular complexity index is 976. The molecule has 4 rings (SSSR count). The second kappa shape index (κ2) is 6.95. The summed E-state index contributed by atoms with van der Waals surface area (Å²) in [6.45, 7) is 2.08. The lowest BCUT2D eigenvalue weighted by Gasteiger charge is -2.48. The molecular formula is C21H19ClN2O4. The highest BCUT2D eigenvalue weighted by molar-refractivity contribution is 6.30. The van der Waals surface area contributed by atoms with Gasteiger partial charge in [-0.1, -0.05) is 35.9 Å². The fourth-order valence-corrected chi connectivity index (χ4v) is 4.28. The van der Waals surface area contributed by atoms with Crippen LogP contribution in [0.1, 0.15) is 35.7 Å². The summed E-state index contributed by atoms with van der Waals surface area (Å²) in [5, 5.41) is 0.543. The van der Waals surface area contributed by atoms with E-state index in [0.29, 0.717) is 16.3 Å². The number of benzene rings is 2. The third-order valence-electron chi connectivity index (χ3n) is 5.28. The molecule has 2 amide bonds. The number of carbonyl (C=O) groups excluding carboxylic acids is 3. The van der Waals surface area contributed by atoms with E-state index in [9.17, 15) is 14.4 Å². The molecule has 0 aliphatic carbocycles. The lowest BCUT2D eigenvalue weighted by atomic mass is 9.96. The maximum absolute atomic E-state index is 13.3. The first-order chi connectivity index (χ1) is 13.5. The van der Waals surface area contributed by atoms with Gasteiger partial charge in [0.2, 0.25) is 11.6 Å². The molecule has 7 heteroatoms. The Balaban J connectivity index is 1.73. The smallest absolute Gasteiger partial charge is 0.354 e. The van der Waals surface area contributed by atoms with Crippen molar-refractivity contribution < 1.29 is 19.1 Å². The third-order valence-corrected chi connectivity index (χ3v) is 5.51. The minimum Gasteiger partial charge on any atom is -0.458 e. The van der Waals surface area contributed by atoms with Gasteiger partial charge in [-0.25, -0.2) is 4.79 Å². The summed E-state index contributed by atoms with van der Waals surface area (Å²) < 4.78 is 5.59. The van der Waals surface area contributed by atoms with Crippen LogP contribution in [0.5, 0.6) is 0 Å². The molecule has 28 heavy (non-hydrogen) atoms. The van der Waals surface area contributed by atoms with Crippen molar-refractivity contribution in [3.05, 3.63) is 64.7 Å². The van der Waals surface area contributed by atoms with Gasteiger partial charge in [0.15, 0.2) is 0 Å². The minimum atomic E-state index is -1.45. The standard InChI is InChI=1S/C21H19ClN2O4/c1-2-23-19(26)16-8-3-4-9-17(16)24-18(25)10-11-21(23,24)20(27)28-13-14-6-5-7-15(22)12-14/h3-9,12H,2,10-11,13H2,1H3/t21-/m0/s1. The number of fused-ring (bicyclic) bond motifs is 3. The molecule has 2 heterocycles. The summed E-state index contributed by atoms with van der Waals surface area (Å²) in [5.41, 5.74) is 0.159. The summed E-state index contributed by atoms with van der Waals surface area (Å²) in [6.07, 6.45) is 0.374. The number of halogens is 1. The van der Waals surface area contributed by atoms with Gasteiger partial charge in [-0.05, 0) is 36.8 Å². The second-order valence-corrected chi connectivity index (χ2v) is 7.25. The van der Waals surface area contributed by atoms with Crippen LogP contribution in [0.3, 0.4) is 0 Å². The largest absolute Gasteiger partial charge is 0.458 e. The zero-order valence-corrected chi connectivity index (χ0v) is 16.1. The highest BCUT2D eigenvalue weighted by Crippen LogP contribution is 2.45. The molecule has 1 atom stereocenters. The number of rotatable bonds is 4. The summed E-state index contributed by atoms with van der Waals surface area (Å²) in [4.78, 5) is 42.0. The molecule has 2 aromatic rings. The van der Waals surface area contributed by atoms with Crippen LogP contribution in [-0.2, 0) is 20.9 Å². The molecular weight excluding hydrogens is 380 g/mol. The van der Waals surface area contributed by atoms with E-state index in [-0.39, 0.29) is 37.8 Å². The van der Waals surface area contributed by atoms with Gasteiger partial charge in [-0.2, -0.15) is 0 Å². The first-order valence-electron chi connectivity index (χ1n) is 9.14. The molecule has 2 aliphatic rings. The molecule has 0 spiro atoms. The number of carbonyl (C=O) groups is 3. The Kier molecular flexibility index (Phi) is 4.59. The Morgan fingerprint density at radius 2 is 1.96 bits per heavy atom. The molecule has 1 fully saturated rings. The topological polar surface area (TPSA) is 66.9 Å². The monoisotopic (exact) mass is 398 g/mol. The molecule has 0 unspecified atom stereocenters. The van der Waals surface area contributed by atoms with Crippen molar-refractivity contribution in [1.29, 1.82) is 0 Å². The maximum atomic E-state index is 13.3. The number of hydrogen-bond acceptors (Lipinski definition) is 4. The molecule has 0 saturated carbocycles. The van der Waals surface area contributed by atoms with Crippen LogP contribution in [0, 0.1) is 0 Å². The van der Waals surface area contributed by atoms with Gasteiger partial charge >= 0.3 is 5.97 Å². The average Bonchev–Trinajstić information content (AvgIpc) is 3.05. The van der Waals surface area contributed by atoms with Crippen LogP contribution < -0.4 is 4.90 Å². The summed E-state index contributed by atoms with van der Waals surface area (Å²) in [6, 6.07) is 13.9. The highest BCUT2D eigenvalue weighted by atomic mass is 35.5. The number of likely N-dealkylation sites (N-methyl/N-ethyl adjacent to an activating group) is 1. The normalized spacial score (nSPS) is 20.8. The van der Waals surface area contributed by atoms with Crippen molar-refractivity contribution in [2.24, 2.45) is 0 Å². The maximum Gasteiger partial charge on any atom is 0.354 e. The quantitative estimate of drug-likeness (QED) is 0.740. The number of amides is 2. The number of para-hydroxylation sites is 1. The molecule has 144 valence electrons. The van der Waals surface area contributed by atoms with Crippen molar-refractivity contribution >= 4 is 35.1 Å². The molecule has 2 aromatic carbocycles. The summed E-state index contributed by atoms with van der Waals surface area (Å²) >= 11 is 5.99. The van der Waals surface area contributed by atoms with Crippen molar-refractivity contribution in [3.63, 3.8) is 0 Å². The van der Waals surface area contributed by atoms with E-state index in [2.05, 4.69) is 0 Å². The van der Waals surface area contributed by atoms with Crippen molar-refractivity contribution in [2.45, 2.75) is 32.0 Å². The Morgan fingerprint density at radius 3 is 2.71 bits per heavy atom. The number of anilines is 1. The zero-order chi connectivity index (χ0) is 19.9. The van der Waals surface area contributed by atoms with E-state index in [4.69, 9.17) is 16.3 Å². The van der Waals surface area contributed by atoms with E-state index >= 15 is 0 Å². The Morgan fingerprint density at radius 1 is 1.18 bits per heavy atom. The van der Waals surface area contributed by atoms with Gasteiger partial charge in [0, 0.05) is 24.4 Å². The number of esters is 1. The molecule has 6 nitrogen and oxygen atoms in total. The lowest BCUT2D eigenvalue weighted by molar-refractivity contribution is -0.158. The average molecular weight is 399 g/mol. The van der Waals surface area contributed by atoms with Crippen molar-refractivity contribution in [1.82, 2.24) is 4.90 Å². The fourth-order valence-electron chi connectivity index (χ4n) is 4.06. The van der Waals surface area contributed by atoms with Gasteiger partial charge < -0.3 is 9.64 Å². The van der Waals surface area contributed by atoms with Crippen molar-refractivity contribution in [2.75, 3.05) is 11.4 Å².